The largest absolute Gasteiger partial charge is 0.395 e. The predicted molar refractivity (Wildman–Crippen MR) is 51.6 cm³/mol. The zero-order valence-corrected chi connectivity index (χ0v) is 8.27. The number of rotatable bonds is 4. The molecule has 1 saturated heterocycles. The number of morpholine rings is 1. The standard InChI is InChI=1S/C8H17NO2S/c1-7(5-10)12-6-8-4-9-2-3-11-8/h7-10H,2-6H2,1H3. The molecule has 1 heterocycles. The van der Waals surface area contributed by atoms with Crippen LogP contribution >= 0.6 is 11.8 Å². The van der Waals surface area contributed by atoms with Crippen LogP contribution in [-0.2, 0) is 4.74 Å². The summed E-state index contributed by atoms with van der Waals surface area (Å²) in [5.74, 6) is 0.981. The highest BCUT2D eigenvalue weighted by atomic mass is 32.2. The summed E-state index contributed by atoms with van der Waals surface area (Å²) in [7, 11) is 0. The van der Waals surface area contributed by atoms with Gasteiger partial charge in [-0.25, -0.2) is 0 Å². The van der Waals surface area contributed by atoms with E-state index in [1.165, 1.54) is 0 Å². The van der Waals surface area contributed by atoms with Gasteiger partial charge in [-0.15, -0.1) is 0 Å². The molecule has 1 aliphatic heterocycles. The Morgan fingerprint density at radius 3 is 3.17 bits per heavy atom. The van der Waals surface area contributed by atoms with E-state index in [4.69, 9.17) is 9.84 Å². The molecular formula is C8H17NO2S. The lowest BCUT2D eigenvalue weighted by Gasteiger charge is -2.24. The minimum Gasteiger partial charge on any atom is -0.395 e. The molecular weight excluding hydrogens is 174 g/mol. The average molecular weight is 191 g/mol. The molecule has 0 spiro atoms. The summed E-state index contributed by atoms with van der Waals surface area (Å²) in [6.07, 6.45) is 0.331. The van der Waals surface area contributed by atoms with Gasteiger partial charge in [0.2, 0.25) is 0 Å². The van der Waals surface area contributed by atoms with Crippen LogP contribution in [0.3, 0.4) is 0 Å². The SMILES string of the molecule is CC(CO)SCC1CNCCO1. The molecule has 0 bridgehead atoms. The topological polar surface area (TPSA) is 41.5 Å². The van der Waals surface area contributed by atoms with Gasteiger partial charge in [-0.1, -0.05) is 6.92 Å². The van der Waals surface area contributed by atoms with Crippen LogP contribution in [0.15, 0.2) is 0 Å². The van der Waals surface area contributed by atoms with Crippen molar-refractivity contribution in [3.8, 4) is 0 Å². The minimum atomic E-state index is 0.255. The Labute approximate surface area is 77.9 Å². The second-order valence-corrected chi connectivity index (χ2v) is 4.49. The lowest BCUT2D eigenvalue weighted by Crippen LogP contribution is -2.40. The molecule has 12 heavy (non-hydrogen) atoms. The molecule has 0 radical (unpaired) electrons. The molecule has 0 amide bonds. The van der Waals surface area contributed by atoms with Crippen LogP contribution in [-0.4, -0.2) is 48.5 Å². The van der Waals surface area contributed by atoms with E-state index in [9.17, 15) is 0 Å². The number of hydrogen-bond acceptors (Lipinski definition) is 4. The molecule has 0 aromatic carbocycles. The third kappa shape index (κ3) is 3.76. The van der Waals surface area contributed by atoms with Crippen molar-refractivity contribution < 1.29 is 9.84 Å². The predicted octanol–water partition coefficient (Wildman–Crippen LogP) is 0.0888. The number of hydrogen-bond donors (Lipinski definition) is 2. The normalized spacial score (nSPS) is 27.0. The summed E-state index contributed by atoms with van der Waals surface area (Å²) in [5.41, 5.74) is 0. The Bertz CT molecular complexity index is 118. The van der Waals surface area contributed by atoms with Crippen molar-refractivity contribution in [1.29, 1.82) is 0 Å². The molecule has 0 aromatic heterocycles. The molecule has 2 unspecified atom stereocenters. The molecule has 1 aliphatic rings. The van der Waals surface area contributed by atoms with Gasteiger partial charge in [0, 0.05) is 24.1 Å². The number of thioether (sulfide) groups is 1. The molecule has 2 atom stereocenters. The van der Waals surface area contributed by atoms with Gasteiger partial charge in [0.25, 0.3) is 0 Å². The fourth-order valence-corrected chi connectivity index (χ4v) is 1.91. The van der Waals surface area contributed by atoms with Crippen LogP contribution in [0.5, 0.6) is 0 Å². The maximum absolute atomic E-state index is 8.79. The van der Waals surface area contributed by atoms with Crippen LogP contribution in [0, 0.1) is 0 Å². The molecule has 72 valence electrons. The van der Waals surface area contributed by atoms with Crippen molar-refractivity contribution in [2.75, 3.05) is 32.1 Å². The monoisotopic (exact) mass is 191 g/mol. The van der Waals surface area contributed by atoms with Gasteiger partial charge < -0.3 is 15.2 Å². The van der Waals surface area contributed by atoms with Gasteiger partial charge in [-0.3, -0.25) is 0 Å². The quantitative estimate of drug-likeness (QED) is 0.661. The van der Waals surface area contributed by atoms with E-state index in [-0.39, 0.29) is 6.61 Å². The summed E-state index contributed by atoms with van der Waals surface area (Å²) in [6, 6.07) is 0. The molecule has 1 rings (SSSR count). The van der Waals surface area contributed by atoms with E-state index >= 15 is 0 Å². The number of aliphatic hydroxyl groups is 1. The van der Waals surface area contributed by atoms with Crippen molar-refractivity contribution in [2.24, 2.45) is 0 Å². The lowest BCUT2D eigenvalue weighted by atomic mass is 10.3. The zero-order valence-electron chi connectivity index (χ0n) is 7.45. The van der Waals surface area contributed by atoms with E-state index in [2.05, 4.69) is 5.32 Å². The van der Waals surface area contributed by atoms with Crippen molar-refractivity contribution >= 4 is 11.8 Å². The summed E-state index contributed by atoms with van der Waals surface area (Å²) < 4.78 is 5.51. The molecule has 3 nitrogen and oxygen atoms in total. The van der Waals surface area contributed by atoms with Gasteiger partial charge >= 0.3 is 0 Å². The first kappa shape index (κ1) is 10.3. The van der Waals surface area contributed by atoms with Crippen LogP contribution in [0.25, 0.3) is 0 Å². The van der Waals surface area contributed by atoms with E-state index in [0.717, 1.165) is 25.4 Å². The number of nitrogens with one attached hydrogen (secondary N) is 1. The van der Waals surface area contributed by atoms with Crippen molar-refractivity contribution in [2.45, 2.75) is 18.3 Å². The number of ether oxygens (including phenoxy) is 1. The zero-order chi connectivity index (χ0) is 8.81. The molecule has 0 aliphatic carbocycles. The van der Waals surface area contributed by atoms with E-state index in [0.29, 0.717) is 11.4 Å². The highest BCUT2D eigenvalue weighted by Gasteiger charge is 2.14. The molecule has 1 fully saturated rings. The third-order valence-electron chi connectivity index (χ3n) is 1.83. The lowest BCUT2D eigenvalue weighted by molar-refractivity contribution is 0.0440. The van der Waals surface area contributed by atoms with Gasteiger partial charge in [0.05, 0.1) is 19.3 Å². The first-order chi connectivity index (χ1) is 5.83. The van der Waals surface area contributed by atoms with E-state index in [1.807, 2.05) is 6.92 Å². The Hall–Kier alpha value is 0.230. The van der Waals surface area contributed by atoms with Crippen LogP contribution in [0.4, 0.5) is 0 Å². The van der Waals surface area contributed by atoms with Gasteiger partial charge in [-0.2, -0.15) is 11.8 Å². The first-order valence-electron chi connectivity index (χ1n) is 4.37. The summed E-state index contributed by atoms with van der Waals surface area (Å²) in [6.45, 7) is 5.02. The van der Waals surface area contributed by atoms with E-state index in [1.54, 1.807) is 11.8 Å². The Morgan fingerprint density at radius 1 is 1.75 bits per heavy atom. The minimum absolute atomic E-state index is 0.255. The molecule has 4 heteroatoms. The van der Waals surface area contributed by atoms with E-state index < -0.39 is 0 Å². The third-order valence-corrected chi connectivity index (χ3v) is 3.11. The number of aliphatic hydroxyl groups excluding tert-OH is 1. The Balaban J connectivity index is 2.05. The smallest absolute Gasteiger partial charge is 0.0790 e. The van der Waals surface area contributed by atoms with Gasteiger partial charge in [-0.05, 0) is 0 Å². The fraction of sp³-hybridized carbons (Fsp3) is 1.00. The highest BCUT2D eigenvalue weighted by Crippen LogP contribution is 2.13. The van der Waals surface area contributed by atoms with Gasteiger partial charge in [0.1, 0.15) is 0 Å². The van der Waals surface area contributed by atoms with Crippen LogP contribution in [0.2, 0.25) is 0 Å². The Morgan fingerprint density at radius 2 is 2.58 bits per heavy atom. The summed E-state index contributed by atoms with van der Waals surface area (Å²) in [4.78, 5) is 0. The molecule has 0 aromatic rings. The molecule has 2 N–H and O–H groups in total. The summed E-state index contributed by atoms with van der Waals surface area (Å²) >= 11 is 1.77. The van der Waals surface area contributed by atoms with Crippen molar-refractivity contribution in [1.82, 2.24) is 5.32 Å². The van der Waals surface area contributed by atoms with Gasteiger partial charge in [0.15, 0.2) is 0 Å². The Kier molecular flexibility index (Phi) is 4.99. The maximum Gasteiger partial charge on any atom is 0.0790 e. The van der Waals surface area contributed by atoms with Crippen LogP contribution < -0.4 is 5.32 Å². The van der Waals surface area contributed by atoms with Crippen molar-refractivity contribution in [3.63, 3.8) is 0 Å². The molecule has 0 saturated carbocycles. The highest BCUT2D eigenvalue weighted by molar-refractivity contribution is 7.99. The van der Waals surface area contributed by atoms with Crippen molar-refractivity contribution in [3.05, 3.63) is 0 Å². The fourth-order valence-electron chi connectivity index (χ4n) is 1.05. The average Bonchev–Trinajstić information content (AvgIpc) is 2.16. The first-order valence-corrected chi connectivity index (χ1v) is 5.42. The maximum atomic E-state index is 8.79. The second kappa shape index (κ2) is 5.80. The summed E-state index contributed by atoms with van der Waals surface area (Å²) in [5, 5.41) is 12.4. The second-order valence-electron chi connectivity index (χ2n) is 3.02. The van der Waals surface area contributed by atoms with Crippen LogP contribution in [0.1, 0.15) is 6.92 Å².